The first kappa shape index (κ1) is 17.9. The molecule has 1 amide bonds. The minimum absolute atomic E-state index is 0.0847. The molecule has 0 aliphatic carbocycles. The third-order valence-corrected chi connectivity index (χ3v) is 4.89. The second kappa shape index (κ2) is 7.27. The van der Waals surface area contributed by atoms with Crippen molar-refractivity contribution in [3.63, 3.8) is 0 Å². The highest BCUT2D eigenvalue weighted by Crippen LogP contribution is 2.37. The first-order valence-electron chi connectivity index (χ1n) is 9.34. The van der Waals surface area contributed by atoms with Gasteiger partial charge in [0.1, 0.15) is 5.82 Å². The quantitative estimate of drug-likeness (QED) is 0.670. The summed E-state index contributed by atoms with van der Waals surface area (Å²) in [4.78, 5) is 25.9. The number of benzene rings is 1. The van der Waals surface area contributed by atoms with E-state index in [1.54, 1.807) is 24.3 Å². The number of nitrogens with zero attached hydrogens (tertiary/aromatic N) is 4. The number of carbonyl (C=O) groups is 1. The predicted octanol–water partition coefficient (Wildman–Crippen LogP) is 4.70. The van der Waals surface area contributed by atoms with Gasteiger partial charge in [-0.1, -0.05) is 42.0 Å². The fourth-order valence-electron chi connectivity index (χ4n) is 3.45. The fraction of sp³-hybridized carbons (Fsp3) is 0.174. The Morgan fingerprint density at radius 3 is 2.61 bits per heavy atom. The molecule has 2 aromatic heterocycles. The third-order valence-electron chi connectivity index (χ3n) is 4.89. The van der Waals surface area contributed by atoms with Gasteiger partial charge >= 0.3 is 0 Å². The Bertz CT molecular complexity index is 1070. The molecule has 5 heteroatoms. The van der Waals surface area contributed by atoms with Gasteiger partial charge in [0.25, 0.3) is 5.91 Å². The van der Waals surface area contributed by atoms with E-state index in [1.807, 2.05) is 48.2 Å². The summed E-state index contributed by atoms with van der Waals surface area (Å²) < 4.78 is 0. The van der Waals surface area contributed by atoms with E-state index in [4.69, 9.17) is 0 Å². The van der Waals surface area contributed by atoms with Gasteiger partial charge in [-0.3, -0.25) is 4.79 Å². The normalized spacial score (nSPS) is 13.5. The molecule has 0 fully saturated rings. The average molecular weight is 370 g/mol. The second-order valence-electron chi connectivity index (χ2n) is 6.84. The molecular weight excluding hydrogens is 348 g/mol. The van der Waals surface area contributed by atoms with Gasteiger partial charge in [0.15, 0.2) is 5.82 Å². The average Bonchev–Trinajstić information content (AvgIpc) is 2.80. The van der Waals surface area contributed by atoms with Crippen molar-refractivity contribution in [1.29, 1.82) is 0 Å². The molecule has 140 valence electrons. The van der Waals surface area contributed by atoms with Crippen LogP contribution in [-0.2, 0) is 0 Å². The molecule has 5 nitrogen and oxygen atoms in total. The van der Waals surface area contributed by atoms with Crippen LogP contribution < -0.4 is 9.80 Å². The Hall–Kier alpha value is -3.47. The van der Waals surface area contributed by atoms with Gasteiger partial charge < -0.3 is 9.80 Å². The van der Waals surface area contributed by atoms with Gasteiger partial charge in [-0.05, 0) is 43.2 Å². The van der Waals surface area contributed by atoms with E-state index in [-0.39, 0.29) is 5.91 Å². The SMILES string of the molecule is CCN1c2ncc(/C=C/c3cccc(C)c3)cc2C(=O)N(C)c2cccnc21. The number of fused-ring (bicyclic) bond motifs is 2. The lowest BCUT2D eigenvalue weighted by atomic mass is 10.1. The smallest absolute Gasteiger partial charge is 0.261 e. The molecule has 0 spiro atoms. The Labute approximate surface area is 165 Å². The van der Waals surface area contributed by atoms with Crippen LogP contribution in [0.15, 0.2) is 54.9 Å². The summed E-state index contributed by atoms with van der Waals surface area (Å²) >= 11 is 0. The van der Waals surface area contributed by atoms with Crippen molar-refractivity contribution in [2.45, 2.75) is 13.8 Å². The summed E-state index contributed by atoms with van der Waals surface area (Å²) in [6.07, 6.45) is 7.57. The summed E-state index contributed by atoms with van der Waals surface area (Å²) in [6.45, 7) is 4.77. The van der Waals surface area contributed by atoms with Crippen LogP contribution in [-0.4, -0.2) is 29.5 Å². The molecule has 1 aliphatic rings. The Morgan fingerprint density at radius 1 is 1.00 bits per heavy atom. The predicted molar refractivity (Wildman–Crippen MR) is 114 cm³/mol. The lowest BCUT2D eigenvalue weighted by molar-refractivity contribution is 0.0994. The van der Waals surface area contributed by atoms with Crippen LogP contribution in [0.2, 0.25) is 0 Å². The first-order valence-corrected chi connectivity index (χ1v) is 9.34. The van der Waals surface area contributed by atoms with Crippen LogP contribution in [0.25, 0.3) is 12.2 Å². The van der Waals surface area contributed by atoms with Gasteiger partial charge in [-0.2, -0.15) is 0 Å². The Morgan fingerprint density at radius 2 is 1.82 bits per heavy atom. The van der Waals surface area contributed by atoms with Crippen LogP contribution in [0.4, 0.5) is 17.3 Å². The zero-order valence-electron chi connectivity index (χ0n) is 16.3. The van der Waals surface area contributed by atoms with Gasteiger partial charge in [0, 0.05) is 26.0 Å². The monoisotopic (exact) mass is 370 g/mol. The van der Waals surface area contributed by atoms with Gasteiger partial charge in [-0.25, -0.2) is 9.97 Å². The molecule has 28 heavy (non-hydrogen) atoms. The van der Waals surface area contributed by atoms with Crippen LogP contribution >= 0.6 is 0 Å². The summed E-state index contributed by atoms with van der Waals surface area (Å²) in [6, 6.07) is 13.9. The summed E-state index contributed by atoms with van der Waals surface area (Å²) in [5.74, 6) is 1.30. The Balaban J connectivity index is 1.77. The molecule has 1 aliphatic heterocycles. The van der Waals surface area contributed by atoms with Crippen molar-refractivity contribution >= 4 is 35.4 Å². The van der Waals surface area contributed by atoms with Gasteiger partial charge in [-0.15, -0.1) is 0 Å². The number of anilines is 3. The van der Waals surface area contributed by atoms with Crippen LogP contribution in [0.1, 0.15) is 34.0 Å². The van der Waals surface area contributed by atoms with Crippen molar-refractivity contribution in [2.75, 3.05) is 23.4 Å². The topological polar surface area (TPSA) is 49.3 Å². The lowest BCUT2D eigenvalue weighted by Crippen LogP contribution is -2.25. The van der Waals surface area contributed by atoms with Crippen LogP contribution in [0.3, 0.4) is 0 Å². The number of pyridine rings is 2. The van der Waals surface area contributed by atoms with E-state index >= 15 is 0 Å². The molecule has 0 unspecified atom stereocenters. The van der Waals surface area contributed by atoms with Crippen LogP contribution in [0, 0.1) is 6.92 Å². The largest absolute Gasteiger partial charge is 0.309 e. The minimum Gasteiger partial charge on any atom is -0.309 e. The molecular formula is C23H22N4O. The van der Waals surface area contributed by atoms with Crippen molar-refractivity contribution in [3.8, 4) is 0 Å². The highest BCUT2D eigenvalue weighted by Gasteiger charge is 2.30. The molecule has 0 atom stereocenters. The van der Waals surface area contributed by atoms with Crippen molar-refractivity contribution < 1.29 is 4.79 Å². The van der Waals surface area contributed by atoms with Crippen molar-refractivity contribution in [1.82, 2.24) is 9.97 Å². The number of hydrogen-bond donors (Lipinski definition) is 0. The first-order chi connectivity index (χ1) is 13.6. The van der Waals surface area contributed by atoms with E-state index in [0.29, 0.717) is 17.9 Å². The number of aromatic nitrogens is 2. The van der Waals surface area contributed by atoms with E-state index in [2.05, 4.69) is 35.1 Å². The number of carbonyl (C=O) groups excluding carboxylic acids is 1. The number of aryl methyl sites for hydroxylation is 1. The highest BCUT2D eigenvalue weighted by molar-refractivity contribution is 6.12. The van der Waals surface area contributed by atoms with E-state index < -0.39 is 0 Å². The summed E-state index contributed by atoms with van der Waals surface area (Å²) in [5, 5.41) is 0. The minimum atomic E-state index is -0.0847. The van der Waals surface area contributed by atoms with E-state index in [1.165, 1.54) is 5.56 Å². The zero-order valence-corrected chi connectivity index (χ0v) is 16.3. The maximum Gasteiger partial charge on any atom is 0.261 e. The molecule has 1 aromatic carbocycles. The summed E-state index contributed by atoms with van der Waals surface area (Å²) in [7, 11) is 1.78. The van der Waals surface area contributed by atoms with Crippen molar-refractivity contribution in [3.05, 3.63) is 77.1 Å². The maximum atomic E-state index is 13.1. The third kappa shape index (κ3) is 3.16. The number of rotatable bonds is 3. The molecule has 0 radical (unpaired) electrons. The number of hydrogen-bond acceptors (Lipinski definition) is 4. The molecule has 3 heterocycles. The van der Waals surface area contributed by atoms with Crippen molar-refractivity contribution in [2.24, 2.45) is 0 Å². The number of amides is 1. The van der Waals surface area contributed by atoms with Gasteiger partial charge in [0.05, 0.1) is 11.3 Å². The maximum absolute atomic E-state index is 13.1. The highest BCUT2D eigenvalue weighted by atomic mass is 16.2. The van der Waals surface area contributed by atoms with Gasteiger partial charge in [0.2, 0.25) is 0 Å². The molecule has 3 aromatic rings. The zero-order chi connectivity index (χ0) is 19.7. The molecule has 4 rings (SSSR count). The standard InChI is InChI=1S/C23H22N4O/c1-4-27-21-19(23(28)26(3)20-9-6-12-24-22(20)27)14-18(15-25-21)11-10-17-8-5-7-16(2)13-17/h5-15H,4H2,1-3H3/b11-10+. The molecule has 0 saturated heterocycles. The van der Waals surface area contributed by atoms with Crippen LogP contribution in [0.5, 0.6) is 0 Å². The summed E-state index contributed by atoms with van der Waals surface area (Å²) in [5.41, 5.74) is 4.57. The molecule has 0 N–H and O–H groups in total. The second-order valence-corrected chi connectivity index (χ2v) is 6.84. The fourth-order valence-corrected chi connectivity index (χ4v) is 3.45. The van der Waals surface area contributed by atoms with E-state index in [0.717, 1.165) is 22.6 Å². The van der Waals surface area contributed by atoms with E-state index in [9.17, 15) is 4.79 Å². The molecule has 0 bridgehead atoms. The Kier molecular flexibility index (Phi) is 4.65. The molecule has 0 saturated carbocycles. The lowest BCUT2D eigenvalue weighted by Gasteiger charge is -2.22.